The third kappa shape index (κ3) is 16.3. The number of benzene rings is 1. The van der Waals surface area contributed by atoms with Crippen molar-refractivity contribution in [1.82, 2.24) is 0 Å². The van der Waals surface area contributed by atoms with Crippen molar-refractivity contribution < 1.29 is 0 Å². The molecule has 0 aliphatic rings. The van der Waals surface area contributed by atoms with Gasteiger partial charge in [-0.15, -0.1) is 0 Å². The maximum Gasteiger partial charge on any atom is 0.0181 e. The fourth-order valence-electron chi connectivity index (χ4n) is 0.741. The molecule has 0 nitrogen and oxygen atoms in total. The molecule has 0 spiro atoms. The zero-order valence-electron chi connectivity index (χ0n) is 11.5. The largest absolute Gasteiger partial charge is 0.161 e. The van der Waals surface area contributed by atoms with Gasteiger partial charge in [-0.25, -0.2) is 0 Å². The highest BCUT2D eigenvalue weighted by Crippen LogP contribution is 2.06. The van der Waals surface area contributed by atoms with Crippen molar-refractivity contribution in [2.75, 3.05) is 6.26 Å². The minimum atomic E-state index is 1.13. The lowest BCUT2D eigenvalue weighted by molar-refractivity contribution is 1.42. The van der Waals surface area contributed by atoms with Crippen LogP contribution in [0.4, 0.5) is 0 Å². The molecule has 1 heteroatoms. The van der Waals surface area contributed by atoms with Crippen LogP contribution in [0.25, 0.3) is 0 Å². The van der Waals surface area contributed by atoms with Crippen LogP contribution in [0.15, 0.2) is 30.3 Å². The Morgan fingerprint density at radius 2 is 1.20 bits per heavy atom. The molecule has 0 heterocycles. The molecule has 90 valence electrons. The Labute approximate surface area is 101 Å². The molecule has 0 bridgehead atoms. The summed E-state index contributed by atoms with van der Waals surface area (Å²) in [5.74, 6) is 1.13. The van der Waals surface area contributed by atoms with Crippen molar-refractivity contribution >= 4 is 11.8 Å². The predicted molar refractivity (Wildman–Crippen MR) is 77.7 cm³/mol. The van der Waals surface area contributed by atoms with E-state index in [0.29, 0.717) is 0 Å². The van der Waals surface area contributed by atoms with E-state index in [1.54, 1.807) is 0 Å². The van der Waals surface area contributed by atoms with Gasteiger partial charge >= 0.3 is 0 Å². The van der Waals surface area contributed by atoms with Crippen LogP contribution in [0.1, 0.15) is 47.1 Å². The van der Waals surface area contributed by atoms with Crippen molar-refractivity contribution in [2.45, 2.75) is 47.3 Å². The summed E-state index contributed by atoms with van der Waals surface area (Å²) in [5, 5.41) is 0. The van der Waals surface area contributed by atoms with E-state index >= 15 is 0 Å². The molecule has 0 saturated carbocycles. The number of thioether (sulfide) groups is 1. The molecule has 0 atom stereocenters. The SMILES string of the molecule is CC.CC.CC.CSCc1ccccc1. The Bertz CT molecular complexity index is 158. The van der Waals surface area contributed by atoms with Crippen molar-refractivity contribution in [3.05, 3.63) is 35.9 Å². The molecule has 0 aromatic heterocycles. The molecular weight excluding hydrogens is 200 g/mol. The summed E-state index contributed by atoms with van der Waals surface area (Å²) in [6, 6.07) is 10.5. The van der Waals surface area contributed by atoms with E-state index in [0.717, 1.165) is 5.75 Å². The molecule has 0 unspecified atom stereocenters. The molecular formula is C14H28S. The summed E-state index contributed by atoms with van der Waals surface area (Å²) in [4.78, 5) is 0. The van der Waals surface area contributed by atoms with Gasteiger partial charge in [0.25, 0.3) is 0 Å². The molecule has 1 aromatic rings. The summed E-state index contributed by atoms with van der Waals surface area (Å²) in [7, 11) is 0. The average Bonchev–Trinajstić information content (AvgIpc) is 2.38. The van der Waals surface area contributed by atoms with Crippen molar-refractivity contribution in [2.24, 2.45) is 0 Å². The van der Waals surface area contributed by atoms with E-state index in [4.69, 9.17) is 0 Å². The van der Waals surface area contributed by atoms with Crippen LogP contribution in [0.2, 0.25) is 0 Å². The van der Waals surface area contributed by atoms with Gasteiger partial charge in [-0.3, -0.25) is 0 Å². The Morgan fingerprint density at radius 3 is 1.53 bits per heavy atom. The van der Waals surface area contributed by atoms with E-state index in [9.17, 15) is 0 Å². The van der Waals surface area contributed by atoms with Crippen molar-refractivity contribution in [1.29, 1.82) is 0 Å². The normalized spacial score (nSPS) is 6.87. The quantitative estimate of drug-likeness (QED) is 0.632. The van der Waals surface area contributed by atoms with Crippen LogP contribution >= 0.6 is 11.8 Å². The summed E-state index contributed by atoms with van der Waals surface area (Å²) in [6.07, 6.45) is 2.12. The van der Waals surface area contributed by atoms with Crippen LogP contribution in [-0.4, -0.2) is 6.26 Å². The fourth-order valence-corrected chi connectivity index (χ4v) is 1.27. The summed E-state index contributed by atoms with van der Waals surface area (Å²) < 4.78 is 0. The molecule has 0 saturated heterocycles. The molecule has 0 aliphatic heterocycles. The Morgan fingerprint density at radius 1 is 0.800 bits per heavy atom. The van der Waals surface area contributed by atoms with Crippen molar-refractivity contribution in [3.63, 3.8) is 0 Å². The summed E-state index contributed by atoms with van der Waals surface area (Å²) >= 11 is 1.85. The first-order valence-electron chi connectivity index (χ1n) is 5.96. The Balaban J connectivity index is -0.000000208. The van der Waals surface area contributed by atoms with Gasteiger partial charge in [0.05, 0.1) is 0 Å². The van der Waals surface area contributed by atoms with Gasteiger partial charge in [0.2, 0.25) is 0 Å². The Kier molecular flexibility index (Phi) is 31.3. The van der Waals surface area contributed by atoms with Gasteiger partial charge in [-0.05, 0) is 11.8 Å². The lowest BCUT2D eigenvalue weighted by Gasteiger charge is -1.93. The predicted octanol–water partition coefficient (Wildman–Crippen LogP) is 5.63. The highest BCUT2D eigenvalue weighted by Gasteiger charge is 1.84. The molecule has 0 radical (unpaired) electrons. The number of hydrogen-bond acceptors (Lipinski definition) is 1. The van der Waals surface area contributed by atoms with Crippen LogP contribution in [0.3, 0.4) is 0 Å². The second-order valence-corrected chi connectivity index (χ2v) is 2.78. The molecule has 0 amide bonds. The van der Waals surface area contributed by atoms with Crippen molar-refractivity contribution in [3.8, 4) is 0 Å². The van der Waals surface area contributed by atoms with E-state index < -0.39 is 0 Å². The number of rotatable bonds is 2. The Hall–Kier alpha value is -0.430. The highest BCUT2D eigenvalue weighted by molar-refractivity contribution is 7.97. The average molecular weight is 228 g/mol. The first-order valence-corrected chi connectivity index (χ1v) is 7.36. The standard InChI is InChI=1S/C8H10S.3C2H6/c1-9-7-8-5-3-2-4-6-8;3*1-2/h2-6H,7H2,1H3;3*1-2H3. The van der Waals surface area contributed by atoms with E-state index in [-0.39, 0.29) is 0 Å². The van der Waals surface area contributed by atoms with Gasteiger partial charge in [-0.2, -0.15) is 11.8 Å². The summed E-state index contributed by atoms with van der Waals surface area (Å²) in [6.45, 7) is 12.0. The molecule has 0 fully saturated rings. The van der Waals surface area contributed by atoms with Gasteiger partial charge in [0, 0.05) is 5.75 Å². The topological polar surface area (TPSA) is 0 Å². The molecule has 1 rings (SSSR count). The third-order valence-electron chi connectivity index (χ3n) is 1.15. The minimum absolute atomic E-state index is 1.13. The van der Waals surface area contributed by atoms with Crippen LogP contribution in [0, 0.1) is 0 Å². The molecule has 0 aliphatic carbocycles. The second-order valence-electron chi connectivity index (χ2n) is 1.92. The van der Waals surface area contributed by atoms with E-state index in [1.165, 1.54) is 5.56 Å². The molecule has 0 N–H and O–H groups in total. The maximum absolute atomic E-state index is 2.15. The zero-order valence-corrected chi connectivity index (χ0v) is 12.3. The fraction of sp³-hybridized carbons (Fsp3) is 0.571. The third-order valence-corrected chi connectivity index (χ3v) is 1.78. The van der Waals surface area contributed by atoms with Crippen LogP contribution < -0.4 is 0 Å². The smallest absolute Gasteiger partial charge is 0.0181 e. The van der Waals surface area contributed by atoms with E-state index in [1.807, 2.05) is 59.4 Å². The lowest BCUT2D eigenvalue weighted by atomic mass is 10.2. The zero-order chi connectivity index (χ0) is 12.5. The van der Waals surface area contributed by atoms with E-state index in [2.05, 4.69) is 30.5 Å². The van der Waals surface area contributed by atoms with Gasteiger partial charge in [0.15, 0.2) is 0 Å². The van der Waals surface area contributed by atoms with Gasteiger partial charge in [0.1, 0.15) is 0 Å². The molecule has 15 heavy (non-hydrogen) atoms. The monoisotopic (exact) mass is 228 g/mol. The second kappa shape index (κ2) is 23.4. The molecule has 1 aromatic carbocycles. The van der Waals surface area contributed by atoms with Gasteiger partial charge < -0.3 is 0 Å². The number of hydrogen-bond donors (Lipinski definition) is 0. The lowest BCUT2D eigenvalue weighted by Crippen LogP contribution is -1.74. The minimum Gasteiger partial charge on any atom is -0.161 e. The van der Waals surface area contributed by atoms with Crippen LogP contribution in [-0.2, 0) is 5.75 Å². The van der Waals surface area contributed by atoms with Crippen LogP contribution in [0.5, 0.6) is 0 Å². The van der Waals surface area contributed by atoms with Gasteiger partial charge in [-0.1, -0.05) is 71.9 Å². The first-order chi connectivity index (χ1) is 7.43. The highest BCUT2D eigenvalue weighted by atomic mass is 32.2. The maximum atomic E-state index is 2.15. The summed E-state index contributed by atoms with van der Waals surface area (Å²) in [5.41, 5.74) is 1.41. The first kappa shape index (κ1) is 20.0.